The van der Waals surface area contributed by atoms with Crippen molar-refractivity contribution in [3.8, 4) is 5.75 Å². The number of rotatable bonds is 10. The molecule has 0 saturated carbocycles. The molecule has 32 heavy (non-hydrogen) atoms. The Hall–Kier alpha value is -2.53. The average Bonchev–Trinajstić information content (AvgIpc) is 2.79. The second kappa shape index (κ2) is 11.4. The first-order valence-electron chi connectivity index (χ1n) is 10.3. The summed E-state index contributed by atoms with van der Waals surface area (Å²) < 4.78 is 50.1. The topological polar surface area (TPSA) is 88.2 Å². The molecule has 0 atom stereocenters. The van der Waals surface area contributed by atoms with Gasteiger partial charge in [-0.15, -0.1) is 0 Å². The summed E-state index contributed by atoms with van der Waals surface area (Å²) in [5.41, 5.74) is 0.839. The number of amides is 1. The fraction of sp³-hybridized carbons (Fsp3) is 0.409. The van der Waals surface area contributed by atoms with Crippen LogP contribution >= 0.6 is 0 Å². The van der Waals surface area contributed by atoms with E-state index in [1.165, 1.54) is 19.2 Å². The molecule has 174 valence electrons. The summed E-state index contributed by atoms with van der Waals surface area (Å²) in [4.78, 5) is 14.5. The molecule has 1 fully saturated rings. The number of morpholine rings is 1. The van der Waals surface area contributed by atoms with E-state index in [1.54, 1.807) is 0 Å². The Morgan fingerprint density at radius 3 is 2.62 bits per heavy atom. The molecule has 0 bridgehead atoms. The minimum atomic E-state index is -3.89. The van der Waals surface area contributed by atoms with Crippen molar-refractivity contribution in [1.82, 2.24) is 14.5 Å². The van der Waals surface area contributed by atoms with E-state index in [0.29, 0.717) is 12.4 Å². The molecule has 1 aliphatic heterocycles. The van der Waals surface area contributed by atoms with Crippen molar-refractivity contribution < 1.29 is 27.1 Å². The van der Waals surface area contributed by atoms with Crippen LogP contribution < -0.4 is 10.1 Å². The Morgan fingerprint density at radius 2 is 1.91 bits per heavy atom. The van der Waals surface area contributed by atoms with Crippen LogP contribution in [0.15, 0.2) is 53.4 Å². The maximum absolute atomic E-state index is 13.0. The lowest BCUT2D eigenvalue weighted by Crippen LogP contribution is -2.38. The van der Waals surface area contributed by atoms with Crippen LogP contribution in [0.5, 0.6) is 5.75 Å². The van der Waals surface area contributed by atoms with Crippen molar-refractivity contribution >= 4 is 15.9 Å². The first kappa shape index (κ1) is 24.1. The number of hydrogen-bond donors (Lipinski definition) is 1. The van der Waals surface area contributed by atoms with E-state index in [-0.39, 0.29) is 18.0 Å². The number of sulfonamides is 1. The summed E-state index contributed by atoms with van der Waals surface area (Å²) in [6.07, 6.45) is 0. The number of halogens is 1. The van der Waals surface area contributed by atoms with E-state index in [2.05, 4.69) is 10.2 Å². The highest BCUT2D eigenvalue weighted by molar-refractivity contribution is 7.89. The van der Waals surface area contributed by atoms with Gasteiger partial charge in [0.15, 0.2) is 0 Å². The lowest BCUT2D eigenvalue weighted by atomic mass is 10.2. The fourth-order valence-electron chi connectivity index (χ4n) is 3.19. The highest BCUT2D eigenvalue weighted by Crippen LogP contribution is 2.15. The summed E-state index contributed by atoms with van der Waals surface area (Å²) >= 11 is 0. The van der Waals surface area contributed by atoms with Crippen molar-refractivity contribution in [1.29, 1.82) is 0 Å². The molecule has 0 aromatic heterocycles. The maximum Gasteiger partial charge on any atom is 0.243 e. The zero-order chi connectivity index (χ0) is 23.0. The molecule has 1 N–H and O–H groups in total. The molecule has 0 radical (unpaired) electrons. The third-order valence-electron chi connectivity index (χ3n) is 5.06. The third kappa shape index (κ3) is 6.99. The number of nitrogens with zero attached hydrogens (tertiary/aromatic N) is 2. The van der Waals surface area contributed by atoms with E-state index in [4.69, 9.17) is 9.47 Å². The van der Waals surface area contributed by atoms with Gasteiger partial charge in [0.1, 0.15) is 18.2 Å². The molecule has 1 heterocycles. The molecule has 8 nitrogen and oxygen atoms in total. The van der Waals surface area contributed by atoms with Crippen molar-refractivity contribution in [3.05, 3.63) is 59.9 Å². The van der Waals surface area contributed by atoms with E-state index < -0.39 is 21.7 Å². The van der Waals surface area contributed by atoms with Crippen molar-refractivity contribution in [2.45, 2.75) is 11.4 Å². The normalized spacial score (nSPS) is 15.0. The molecular weight excluding hydrogens is 437 g/mol. The number of carbonyl (C=O) groups is 1. The van der Waals surface area contributed by atoms with Crippen LogP contribution in [0, 0.1) is 5.82 Å². The van der Waals surface area contributed by atoms with E-state index in [1.807, 2.05) is 24.3 Å². The summed E-state index contributed by atoms with van der Waals surface area (Å²) in [7, 11) is -2.58. The molecule has 2 aromatic carbocycles. The highest BCUT2D eigenvalue weighted by Gasteiger charge is 2.22. The quantitative estimate of drug-likeness (QED) is 0.572. The van der Waals surface area contributed by atoms with Crippen molar-refractivity contribution in [3.63, 3.8) is 0 Å². The van der Waals surface area contributed by atoms with Crippen LogP contribution in [0.25, 0.3) is 0 Å². The fourth-order valence-corrected chi connectivity index (χ4v) is 4.32. The van der Waals surface area contributed by atoms with E-state index in [9.17, 15) is 17.6 Å². The van der Waals surface area contributed by atoms with Gasteiger partial charge >= 0.3 is 0 Å². The van der Waals surface area contributed by atoms with Gasteiger partial charge in [-0.2, -0.15) is 4.31 Å². The largest absolute Gasteiger partial charge is 0.492 e. The first-order valence-corrected chi connectivity index (χ1v) is 11.8. The summed E-state index contributed by atoms with van der Waals surface area (Å²) in [5, 5.41) is 2.71. The number of nitrogens with one attached hydrogen (secondary N) is 1. The predicted molar refractivity (Wildman–Crippen MR) is 117 cm³/mol. The van der Waals surface area contributed by atoms with Gasteiger partial charge in [-0.25, -0.2) is 12.8 Å². The molecular formula is C22H28FN3O5S. The van der Waals surface area contributed by atoms with Crippen LogP contribution in [0.3, 0.4) is 0 Å². The summed E-state index contributed by atoms with van der Waals surface area (Å²) in [6.45, 7) is 4.56. The zero-order valence-electron chi connectivity index (χ0n) is 18.0. The third-order valence-corrected chi connectivity index (χ3v) is 6.87. The Labute approximate surface area is 188 Å². The Bertz CT molecular complexity index is 995. The SMILES string of the molecule is CN(CC(=O)NCc1cccc(OCCN2CCOCC2)c1)S(=O)(=O)c1ccc(F)cc1. The van der Waals surface area contributed by atoms with Crippen LogP contribution in [0.2, 0.25) is 0 Å². The standard InChI is InChI=1S/C22H28FN3O5S/c1-25(32(28,29)21-7-5-19(23)6-8-21)17-22(27)24-16-18-3-2-4-20(15-18)31-14-11-26-9-12-30-13-10-26/h2-8,15H,9-14,16-17H2,1H3,(H,24,27). The van der Waals surface area contributed by atoms with Crippen LogP contribution in [-0.2, 0) is 26.1 Å². The molecule has 1 aliphatic rings. The van der Waals surface area contributed by atoms with Gasteiger partial charge in [-0.05, 0) is 42.0 Å². The van der Waals surface area contributed by atoms with Crippen LogP contribution in [0.4, 0.5) is 4.39 Å². The van der Waals surface area contributed by atoms with Crippen LogP contribution in [-0.4, -0.2) is 76.6 Å². The van der Waals surface area contributed by atoms with Gasteiger partial charge < -0.3 is 14.8 Å². The van der Waals surface area contributed by atoms with Gasteiger partial charge in [-0.3, -0.25) is 9.69 Å². The second-order valence-corrected chi connectivity index (χ2v) is 9.49. The zero-order valence-corrected chi connectivity index (χ0v) is 18.8. The molecule has 0 unspecified atom stereocenters. The van der Waals surface area contributed by atoms with Crippen LogP contribution in [0.1, 0.15) is 5.56 Å². The van der Waals surface area contributed by atoms with E-state index >= 15 is 0 Å². The highest BCUT2D eigenvalue weighted by atomic mass is 32.2. The number of ether oxygens (including phenoxy) is 2. The van der Waals surface area contributed by atoms with Gasteiger partial charge in [0.25, 0.3) is 0 Å². The number of likely N-dealkylation sites (N-methyl/N-ethyl adjacent to an activating group) is 1. The molecule has 10 heteroatoms. The molecule has 1 saturated heterocycles. The minimum Gasteiger partial charge on any atom is -0.492 e. The number of carbonyl (C=O) groups excluding carboxylic acids is 1. The predicted octanol–water partition coefficient (Wildman–Crippen LogP) is 1.47. The lowest BCUT2D eigenvalue weighted by molar-refractivity contribution is -0.121. The molecule has 2 aromatic rings. The average molecular weight is 466 g/mol. The first-order chi connectivity index (χ1) is 15.3. The van der Waals surface area contributed by atoms with Gasteiger partial charge in [-0.1, -0.05) is 12.1 Å². The molecule has 3 rings (SSSR count). The number of benzene rings is 2. The van der Waals surface area contributed by atoms with Gasteiger partial charge in [0, 0.05) is 33.2 Å². The van der Waals surface area contributed by atoms with Gasteiger partial charge in [0.2, 0.25) is 15.9 Å². The number of hydrogen-bond acceptors (Lipinski definition) is 6. The van der Waals surface area contributed by atoms with Gasteiger partial charge in [0.05, 0.1) is 24.7 Å². The minimum absolute atomic E-state index is 0.0730. The Balaban J connectivity index is 1.45. The van der Waals surface area contributed by atoms with Crippen molar-refractivity contribution in [2.75, 3.05) is 53.0 Å². The second-order valence-electron chi connectivity index (χ2n) is 7.44. The molecule has 0 aliphatic carbocycles. The van der Waals surface area contributed by atoms with Crippen molar-refractivity contribution in [2.24, 2.45) is 0 Å². The maximum atomic E-state index is 13.0. The lowest BCUT2D eigenvalue weighted by Gasteiger charge is -2.26. The Morgan fingerprint density at radius 1 is 1.19 bits per heavy atom. The van der Waals surface area contributed by atoms with E-state index in [0.717, 1.165) is 54.8 Å². The Kier molecular flexibility index (Phi) is 8.57. The molecule has 0 spiro atoms. The monoisotopic (exact) mass is 465 g/mol. The summed E-state index contributed by atoms with van der Waals surface area (Å²) in [6, 6.07) is 11.9. The summed E-state index contributed by atoms with van der Waals surface area (Å²) in [5.74, 6) is -0.269. The molecule has 1 amide bonds. The smallest absolute Gasteiger partial charge is 0.243 e.